The summed E-state index contributed by atoms with van der Waals surface area (Å²) in [6, 6.07) is 0.164. The van der Waals surface area contributed by atoms with E-state index in [1.807, 2.05) is 13.2 Å². The molecule has 3 aromatic rings. The summed E-state index contributed by atoms with van der Waals surface area (Å²) >= 11 is 0. The maximum absolute atomic E-state index is 12.9. The third-order valence-electron chi connectivity index (χ3n) is 4.22. The molecular formula is C16H18N8O2. The lowest BCUT2D eigenvalue weighted by Crippen LogP contribution is -2.36. The largest absolute Gasteiger partial charge is 0.331 e. The van der Waals surface area contributed by atoms with E-state index in [0.717, 1.165) is 18.4 Å². The Morgan fingerprint density at radius 3 is 2.81 bits per heavy atom. The van der Waals surface area contributed by atoms with Gasteiger partial charge in [0.25, 0.3) is 11.5 Å². The third kappa shape index (κ3) is 3.39. The number of aromatic nitrogens is 7. The average molecular weight is 354 g/mol. The zero-order valence-corrected chi connectivity index (χ0v) is 14.2. The van der Waals surface area contributed by atoms with Crippen LogP contribution in [0.2, 0.25) is 0 Å². The summed E-state index contributed by atoms with van der Waals surface area (Å²) in [7, 11) is 1.83. The van der Waals surface area contributed by atoms with Crippen LogP contribution in [0, 0.1) is 0 Å². The summed E-state index contributed by atoms with van der Waals surface area (Å²) in [6.45, 7) is 0.712. The van der Waals surface area contributed by atoms with Crippen LogP contribution in [0.4, 0.5) is 0 Å². The van der Waals surface area contributed by atoms with Crippen LogP contribution in [0.15, 0.2) is 36.0 Å². The van der Waals surface area contributed by atoms with Crippen molar-refractivity contribution >= 4 is 5.91 Å². The quantitative estimate of drug-likeness (QED) is 0.664. The number of rotatable bonds is 6. The number of carbonyl (C=O) groups is 1. The van der Waals surface area contributed by atoms with Crippen molar-refractivity contribution in [2.24, 2.45) is 7.05 Å². The van der Waals surface area contributed by atoms with E-state index in [1.165, 1.54) is 18.9 Å². The van der Waals surface area contributed by atoms with Gasteiger partial charge >= 0.3 is 0 Å². The smallest absolute Gasteiger partial charge is 0.263 e. The van der Waals surface area contributed by atoms with E-state index in [9.17, 15) is 9.59 Å². The predicted octanol–water partition coefficient (Wildman–Crippen LogP) is -0.0520. The maximum atomic E-state index is 12.9. The van der Waals surface area contributed by atoms with Crippen molar-refractivity contribution < 1.29 is 4.79 Å². The fourth-order valence-electron chi connectivity index (χ4n) is 2.79. The van der Waals surface area contributed by atoms with Crippen molar-refractivity contribution in [3.63, 3.8) is 0 Å². The van der Waals surface area contributed by atoms with Gasteiger partial charge in [-0.15, -0.1) is 0 Å². The van der Waals surface area contributed by atoms with E-state index in [0.29, 0.717) is 12.4 Å². The van der Waals surface area contributed by atoms with Gasteiger partial charge in [0.15, 0.2) is 0 Å². The monoisotopic (exact) mass is 354 g/mol. The van der Waals surface area contributed by atoms with E-state index in [2.05, 4.69) is 25.1 Å². The molecule has 1 amide bonds. The minimum atomic E-state index is -0.447. The molecule has 4 rings (SSSR count). The molecular weight excluding hydrogens is 336 g/mol. The van der Waals surface area contributed by atoms with Crippen molar-refractivity contribution in [2.75, 3.05) is 0 Å². The predicted molar refractivity (Wildman–Crippen MR) is 90.1 cm³/mol. The number of nitrogens with one attached hydrogen (secondary N) is 1. The van der Waals surface area contributed by atoms with Crippen LogP contribution < -0.4 is 5.56 Å². The maximum Gasteiger partial charge on any atom is 0.263 e. The van der Waals surface area contributed by atoms with Gasteiger partial charge < -0.3 is 9.88 Å². The zero-order chi connectivity index (χ0) is 18.1. The van der Waals surface area contributed by atoms with E-state index < -0.39 is 5.56 Å². The molecule has 0 radical (unpaired) electrons. The highest BCUT2D eigenvalue weighted by atomic mass is 16.2. The average Bonchev–Trinajstić information content (AvgIpc) is 3.17. The molecule has 10 nitrogen and oxygen atoms in total. The fraction of sp³-hybridized carbons (Fsp3) is 0.375. The lowest BCUT2D eigenvalue weighted by Gasteiger charge is -2.21. The highest BCUT2D eigenvalue weighted by Crippen LogP contribution is 2.29. The van der Waals surface area contributed by atoms with Crippen molar-refractivity contribution in [3.05, 3.63) is 58.6 Å². The molecule has 3 aromatic heterocycles. The van der Waals surface area contributed by atoms with Crippen molar-refractivity contribution in [1.82, 2.24) is 39.4 Å². The van der Waals surface area contributed by atoms with Gasteiger partial charge in [0.2, 0.25) is 0 Å². The van der Waals surface area contributed by atoms with E-state index in [-0.39, 0.29) is 24.1 Å². The topological polar surface area (TPSA) is 115 Å². The van der Waals surface area contributed by atoms with Crippen LogP contribution in [0.3, 0.4) is 0 Å². The lowest BCUT2D eigenvalue weighted by molar-refractivity contribution is 0.0727. The number of H-pyrrole nitrogens is 1. The Morgan fingerprint density at radius 2 is 2.19 bits per heavy atom. The Morgan fingerprint density at radius 1 is 1.35 bits per heavy atom. The SMILES string of the molecule is Cn1cc(CN(C(=O)c2cnc(Cn3cncn3)[nH]c2=O)C2CC2)cn1. The lowest BCUT2D eigenvalue weighted by atomic mass is 10.2. The second kappa shape index (κ2) is 6.54. The van der Waals surface area contributed by atoms with Crippen LogP contribution in [-0.2, 0) is 20.1 Å². The van der Waals surface area contributed by atoms with Crippen LogP contribution in [0.1, 0.15) is 34.6 Å². The number of amides is 1. The normalized spacial score (nSPS) is 13.7. The van der Waals surface area contributed by atoms with Crippen LogP contribution in [-0.4, -0.2) is 51.4 Å². The standard InChI is InChI=1S/C16H18N8O2/c1-22-6-11(4-19-22)7-24(12-2-3-12)16(26)13-5-18-14(21-15(13)25)8-23-10-17-9-20-23/h4-6,9-10,12H,2-3,7-8H2,1H3,(H,18,21,25). The molecule has 0 unspecified atom stereocenters. The van der Waals surface area contributed by atoms with Gasteiger partial charge in [0, 0.05) is 37.6 Å². The van der Waals surface area contributed by atoms with Crippen LogP contribution in [0.5, 0.6) is 0 Å². The Bertz CT molecular complexity index is 970. The number of aryl methyl sites for hydroxylation is 1. The van der Waals surface area contributed by atoms with Gasteiger partial charge in [-0.1, -0.05) is 0 Å². The highest BCUT2D eigenvalue weighted by molar-refractivity contribution is 5.93. The van der Waals surface area contributed by atoms with Gasteiger partial charge in [-0.3, -0.25) is 14.3 Å². The minimum absolute atomic E-state index is 0.0446. The first kappa shape index (κ1) is 16.2. The van der Waals surface area contributed by atoms with Gasteiger partial charge in [0.05, 0.1) is 6.20 Å². The van der Waals surface area contributed by atoms with E-state index in [1.54, 1.807) is 20.5 Å². The molecule has 134 valence electrons. The molecule has 0 saturated heterocycles. The Hall–Kier alpha value is -3.30. The molecule has 1 fully saturated rings. The minimum Gasteiger partial charge on any atom is -0.331 e. The second-order valence-electron chi connectivity index (χ2n) is 6.35. The van der Waals surface area contributed by atoms with Crippen molar-refractivity contribution in [1.29, 1.82) is 0 Å². The number of carbonyl (C=O) groups excluding carboxylic acids is 1. The van der Waals surface area contributed by atoms with Crippen LogP contribution >= 0.6 is 0 Å². The Balaban J connectivity index is 1.54. The molecule has 0 atom stereocenters. The summed E-state index contributed by atoms with van der Waals surface area (Å²) in [5.41, 5.74) is 0.528. The summed E-state index contributed by atoms with van der Waals surface area (Å²) in [6.07, 6.45) is 9.76. The molecule has 10 heteroatoms. The second-order valence-corrected chi connectivity index (χ2v) is 6.35. The molecule has 0 bridgehead atoms. The van der Waals surface area contributed by atoms with Crippen molar-refractivity contribution in [3.8, 4) is 0 Å². The number of aromatic amines is 1. The molecule has 26 heavy (non-hydrogen) atoms. The van der Waals surface area contributed by atoms with Gasteiger partial charge in [-0.2, -0.15) is 10.2 Å². The first-order valence-corrected chi connectivity index (χ1v) is 8.29. The Kier molecular flexibility index (Phi) is 4.07. The third-order valence-corrected chi connectivity index (χ3v) is 4.22. The summed E-state index contributed by atoms with van der Waals surface area (Å²) < 4.78 is 3.23. The van der Waals surface area contributed by atoms with Crippen molar-refractivity contribution in [2.45, 2.75) is 32.0 Å². The number of nitrogens with zero attached hydrogens (tertiary/aromatic N) is 7. The summed E-state index contributed by atoms with van der Waals surface area (Å²) in [5, 5.41) is 8.10. The molecule has 0 aromatic carbocycles. The molecule has 0 aliphatic heterocycles. The molecule has 1 N–H and O–H groups in total. The number of hydrogen-bond donors (Lipinski definition) is 1. The van der Waals surface area contributed by atoms with Gasteiger partial charge in [-0.05, 0) is 12.8 Å². The highest BCUT2D eigenvalue weighted by Gasteiger charge is 2.34. The van der Waals surface area contributed by atoms with E-state index in [4.69, 9.17) is 0 Å². The molecule has 1 aliphatic rings. The Labute approximate surface area is 148 Å². The first-order valence-electron chi connectivity index (χ1n) is 8.29. The fourth-order valence-corrected chi connectivity index (χ4v) is 2.79. The summed E-state index contributed by atoms with van der Waals surface area (Å²) in [5.74, 6) is 0.111. The van der Waals surface area contributed by atoms with Crippen LogP contribution in [0.25, 0.3) is 0 Å². The summed E-state index contributed by atoms with van der Waals surface area (Å²) in [4.78, 5) is 37.7. The molecule has 1 aliphatic carbocycles. The zero-order valence-electron chi connectivity index (χ0n) is 14.2. The number of hydrogen-bond acceptors (Lipinski definition) is 6. The van der Waals surface area contributed by atoms with Gasteiger partial charge in [0.1, 0.15) is 30.6 Å². The van der Waals surface area contributed by atoms with Gasteiger partial charge in [-0.25, -0.2) is 14.6 Å². The molecule has 0 spiro atoms. The van der Waals surface area contributed by atoms with E-state index >= 15 is 0 Å². The first-order chi connectivity index (χ1) is 12.6. The molecule has 3 heterocycles. The molecule has 1 saturated carbocycles.